The molecule has 1 aliphatic rings. The normalized spacial score (nSPS) is 17.6. The van der Waals surface area contributed by atoms with Gasteiger partial charge in [-0.1, -0.05) is 37.1 Å². The summed E-state index contributed by atoms with van der Waals surface area (Å²) in [4.78, 5) is 15.1. The zero-order chi connectivity index (χ0) is 19.8. The van der Waals surface area contributed by atoms with Gasteiger partial charge in [0.15, 0.2) is 0 Å². The lowest BCUT2D eigenvalue weighted by Crippen LogP contribution is -2.36. The molecule has 1 atom stereocenters. The predicted molar refractivity (Wildman–Crippen MR) is 112 cm³/mol. The van der Waals surface area contributed by atoms with Crippen LogP contribution in [0.25, 0.3) is 0 Å². The Kier molecular flexibility index (Phi) is 7.31. The molecular formula is C23H30N2O3. The molecule has 150 valence electrons. The summed E-state index contributed by atoms with van der Waals surface area (Å²) in [6.07, 6.45) is 4.57. The number of para-hydroxylation sites is 2. The van der Waals surface area contributed by atoms with Crippen molar-refractivity contribution in [2.24, 2.45) is 0 Å². The molecule has 0 unspecified atom stereocenters. The molecule has 1 heterocycles. The van der Waals surface area contributed by atoms with E-state index in [9.17, 15) is 4.79 Å². The lowest BCUT2D eigenvalue weighted by molar-refractivity contribution is -0.117. The van der Waals surface area contributed by atoms with Gasteiger partial charge in [0.2, 0.25) is 5.91 Å². The van der Waals surface area contributed by atoms with Gasteiger partial charge in [-0.15, -0.1) is 0 Å². The zero-order valence-corrected chi connectivity index (χ0v) is 16.8. The van der Waals surface area contributed by atoms with Gasteiger partial charge in [0.25, 0.3) is 0 Å². The number of nitrogens with zero attached hydrogens (tertiary/aromatic N) is 1. The second-order valence-corrected chi connectivity index (χ2v) is 7.09. The van der Waals surface area contributed by atoms with Crippen molar-refractivity contribution in [3.63, 3.8) is 0 Å². The number of carbonyl (C=O) groups excluding carboxylic acids is 1. The molecule has 1 amide bonds. The van der Waals surface area contributed by atoms with Gasteiger partial charge in [-0.3, -0.25) is 9.69 Å². The van der Waals surface area contributed by atoms with Crippen LogP contribution in [0.1, 0.15) is 44.2 Å². The average Bonchev–Trinajstić information content (AvgIpc) is 2.95. The van der Waals surface area contributed by atoms with Crippen molar-refractivity contribution in [2.75, 3.05) is 32.1 Å². The predicted octanol–water partition coefficient (Wildman–Crippen LogP) is 4.65. The summed E-state index contributed by atoms with van der Waals surface area (Å²) in [6, 6.07) is 16.1. The van der Waals surface area contributed by atoms with E-state index >= 15 is 0 Å². The van der Waals surface area contributed by atoms with E-state index in [1.807, 2.05) is 43.3 Å². The molecule has 1 fully saturated rings. The number of likely N-dealkylation sites (tertiary alicyclic amines) is 1. The number of hydrogen-bond acceptors (Lipinski definition) is 4. The van der Waals surface area contributed by atoms with Crippen LogP contribution in [0.2, 0.25) is 0 Å². The minimum absolute atomic E-state index is 0.00688. The molecule has 5 heteroatoms. The fourth-order valence-corrected chi connectivity index (χ4v) is 3.79. The van der Waals surface area contributed by atoms with Crippen molar-refractivity contribution in [2.45, 2.75) is 38.6 Å². The Morgan fingerprint density at radius 3 is 2.64 bits per heavy atom. The summed E-state index contributed by atoms with van der Waals surface area (Å²) in [7, 11) is 1.68. The van der Waals surface area contributed by atoms with E-state index in [2.05, 4.69) is 22.3 Å². The van der Waals surface area contributed by atoms with Crippen LogP contribution >= 0.6 is 0 Å². The molecule has 0 spiro atoms. The standard InChI is InChI=1S/C23H30N2O3/c1-3-28-22-11-7-6-9-20(22)24-23(26)17-25-16-8-4-5-10-21(25)18-12-14-19(27-2)15-13-18/h6-7,9,11-15,21H,3-5,8,10,16-17H2,1-2H3,(H,24,26)/t21-/m1/s1. The van der Waals surface area contributed by atoms with Gasteiger partial charge >= 0.3 is 0 Å². The molecule has 28 heavy (non-hydrogen) atoms. The first-order valence-electron chi connectivity index (χ1n) is 10.1. The number of rotatable bonds is 7. The molecule has 1 saturated heterocycles. The van der Waals surface area contributed by atoms with Crippen molar-refractivity contribution in [1.29, 1.82) is 0 Å². The van der Waals surface area contributed by atoms with Crippen molar-refractivity contribution in [3.8, 4) is 11.5 Å². The van der Waals surface area contributed by atoms with E-state index in [0.717, 1.165) is 30.8 Å². The third-order valence-corrected chi connectivity index (χ3v) is 5.17. The van der Waals surface area contributed by atoms with E-state index in [1.54, 1.807) is 7.11 Å². The molecule has 1 aliphatic heterocycles. The van der Waals surface area contributed by atoms with Crippen molar-refractivity contribution in [1.82, 2.24) is 4.90 Å². The molecule has 0 aromatic heterocycles. The Morgan fingerprint density at radius 1 is 1.11 bits per heavy atom. The topological polar surface area (TPSA) is 50.8 Å². The van der Waals surface area contributed by atoms with Crippen LogP contribution in [0.4, 0.5) is 5.69 Å². The third kappa shape index (κ3) is 5.26. The summed E-state index contributed by atoms with van der Waals surface area (Å²) in [5.74, 6) is 1.56. The lowest BCUT2D eigenvalue weighted by atomic mass is 10.0. The number of carbonyl (C=O) groups is 1. The number of methoxy groups -OCH3 is 1. The minimum Gasteiger partial charge on any atom is -0.497 e. The average molecular weight is 383 g/mol. The minimum atomic E-state index is -0.00688. The SMILES string of the molecule is CCOc1ccccc1NC(=O)CN1CCCCC[C@@H]1c1ccc(OC)cc1. The van der Waals surface area contributed by atoms with E-state index in [4.69, 9.17) is 9.47 Å². The van der Waals surface area contributed by atoms with Gasteiger partial charge < -0.3 is 14.8 Å². The number of ether oxygens (including phenoxy) is 2. The van der Waals surface area contributed by atoms with E-state index in [1.165, 1.54) is 18.4 Å². The molecule has 0 saturated carbocycles. The van der Waals surface area contributed by atoms with Crippen molar-refractivity contribution in [3.05, 3.63) is 54.1 Å². The second-order valence-electron chi connectivity index (χ2n) is 7.09. The first-order valence-corrected chi connectivity index (χ1v) is 10.1. The van der Waals surface area contributed by atoms with Crippen LogP contribution in [0.3, 0.4) is 0 Å². The number of benzene rings is 2. The quantitative estimate of drug-likeness (QED) is 0.757. The van der Waals surface area contributed by atoms with Crippen molar-refractivity contribution >= 4 is 11.6 Å². The van der Waals surface area contributed by atoms with E-state index in [0.29, 0.717) is 18.9 Å². The number of hydrogen-bond donors (Lipinski definition) is 1. The highest BCUT2D eigenvalue weighted by Gasteiger charge is 2.24. The summed E-state index contributed by atoms with van der Waals surface area (Å²) in [5.41, 5.74) is 1.97. The first-order chi connectivity index (χ1) is 13.7. The summed E-state index contributed by atoms with van der Waals surface area (Å²) in [5, 5.41) is 3.03. The van der Waals surface area contributed by atoms with Crippen LogP contribution in [0.5, 0.6) is 11.5 Å². The molecule has 2 aromatic carbocycles. The molecule has 0 aliphatic carbocycles. The Labute approximate surface area is 167 Å². The van der Waals surface area contributed by atoms with Crippen LogP contribution < -0.4 is 14.8 Å². The van der Waals surface area contributed by atoms with Crippen LogP contribution in [-0.4, -0.2) is 37.6 Å². The molecule has 0 bridgehead atoms. The van der Waals surface area contributed by atoms with Gasteiger partial charge in [0.05, 0.1) is 25.9 Å². The monoisotopic (exact) mass is 382 g/mol. The summed E-state index contributed by atoms with van der Waals surface area (Å²) < 4.78 is 10.9. The van der Waals surface area contributed by atoms with Gasteiger partial charge in [0, 0.05) is 6.04 Å². The Bertz CT molecular complexity index is 761. The fourth-order valence-electron chi connectivity index (χ4n) is 3.79. The summed E-state index contributed by atoms with van der Waals surface area (Å²) >= 11 is 0. The highest BCUT2D eigenvalue weighted by molar-refractivity contribution is 5.93. The lowest BCUT2D eigenvalue weighted by Gasteiger charge is -2.30. The molecule has 2 aromatic rings. The number of anilines is 1. The molecule has 0 radical (unpaired) electrons. The fraction of sp³-hybridized carbons (Fsp3) is 0.435. The third-order valence-electron chi connectivity index (χ3n) is 5.17. The zero-order valence-electron chi connectivity index (χ0n) is 16.8. The largest absolute Gasteiger partial charge is 0.497 e. The van der Waals surface area contributed by atoms with Crippen LogP contribution in [-0.2, 0) is 4.79 Å². The summed E-state index contributed by atoms with van der Waals surface area (Å²) in [6.45, 7) is 3.81. The van der Waals surface area contributed by atoms with E-state index in [-0.39, 0.29) is 11.9 Å². The van der Waals surface area contributed by atoms with Crippen molar-refractivity contribution < 1.29 is 14.3 Å². The van der Waals surface area contributed by atoms with Gasteiger partial charge in [-0.05, 0) is 56.1 Å². The molecule has 5 nitrogen and oxygen atoms in total. The molecule has 3 rings (SSSR count). The van der Waals surface area contributed by atoms with Gasteiger partial charge in [-0.2, -0.15) is 0 Å². The number of amides is 1. The molecule has 1 N–H and O–H groups in total. The first kappa shape index (κ1) is 20.2. The maximum atomic E-state index is 12.8. The second kappa shape index (κ2) is 10.1. The maximum absolute atomic E-state index is 12.8. The van der Waals surface area contributed by atoms with E-state index < -0.39 is 0 Å². The molecular weight excluding hydrogens is 352 g/mol. The smallest absolute Gasteiger partial charge is 0.238 e. The Hall–Kier alpha value is -2.53. The Balaban J connectivity index is 1.71. The van der Waals surface area contributed by atoms with Crippen LogP contribution in [0.15, 0.2) is 48.5 Å². The number of nitrogens with one attached hydrogen (secondary N) is 1. The highest BCUT2D eigenvalue weighted by Crippen LogP contribution is 2.31. The highest BCUT2D eigenvalue weighted by atomic mass is 16.5. The Morgan fingerprint density at radius 2 is 1.89 bits per heavy atom. The van der Waals surface area contributed by atoms with Gasteiger partial charge in [-0.25, -0.2) is 0 Å². The maximum Gasteiger partial charge on any atom is 0.238 e. The van der Waals surface area contributed by atoms with Crippen LogP contribution in [0, 0.1) is 0 Å². The van der Waals surface area contributed by atoms with Gasteiger partial charge in [0.1, 0.15) is 11.5 Å².